The molecule has 1 heterocycles. The van der Waals surface area contributed by atoms with Gasteiger partial charge in [-0.15, -0.1) is 6.58 Å². The lowest BCUT2D eigenvalue weighted by molar-refractivity contribution is -0.143. The molecule has 10 nitrogen and oxygen atoms in total. The molecular weight excluding hydrogens is 639 g/mol. The lowest BCUT2D eigenvalue weighted by Gasteiger charge is -2.42. The molecule has 49 heavy (non-hydrogen) atoms. The van der Waals surface area contributed by atoms with Gasteiger partial charge in [0, 0.05) is 23.6 Å². The Bertz CT molecular complexity index is 1260. The van der Waals surface area contributed by atoms with E-state index < -0.39 is 41.1 Å². The average Bonchev–Trinajstić information content (AvgIpc) is 3.72. The van der Waals surface area contributed by atoms with Gasteiger partial charge in [0.25, 0.3) is 5.91 Å². The first kappa shape index (κ1) is 40.7. The Labute approximate surface area is 298 Å². The molecule has 0 aromatic rings. The Balaban J connectivity index is 1.84. The number of nitrogens with zero attached hydrogens (tertiary/aromatic N) is 1. The van der Waals surface area contributed by atoms with Gasteiger partial charge in [-0.3, -0.25) is 19.2 Å². The first-order chi connectivity index (χ1) is 22.8. The summed E-state index contributed by atoms with van der Waals surface area (Å²) < 4.78 is 0.0806. The van der Waals surface area contributed by atoms with Gasteiger partial charge in [-0.2, -0.15) is 10.5 Å². The van der Waals surface area contributed by atoms with E-state index in [0.717, 1.165) is 50.7 Å². The number of hydrogen-bond donors (Lipinski definition) is 4. The number of urea groups is 1. The minimum atomic E-state index is -0.966. The van der Waals surface area contributed by atoms with Gasteiger partial charge < -0.3 is 26.2 Å². The molecule has 3 aliphatic rings. The molecule has 5 atom stereocenters. The molecule has 0 aromatic carbocycles. The van der Waals surface area contributed by atoms with Crippen molar-refractivity contribution in [3.8, 4) is 0 Å². The highest BCUT2D eigenvalue weighted by Gasteiger charge is 2.47. The van der Waals surface area contributed by atoms with Gasteiger partial charge in [-0.1, -0.05) is 98.9 Å². The van der Waals surface area contributed by atoms with Crippen molar-refractivity contribution in [2.24, 2.45) is 23.2 Å². The topological polar surface area (TPSA) is 137 Å². The molecule has 0 aromatic heterocycles. The summed E-state index contributed by atoms with van der Waals surface area (Å²) in [5.41, 5.74) is -0.998. The van der Waals surface area contributed by atoms with Crippen molar-refractivity contribution < 1.29 is 24.0 Å². The Morgan fingerprint density at radius 2 is 1.61 bits per heavy atom. The molecule has 1 aliphatic heterocycles. The van der Waals surface area contributed by atoms with E-state index in [2.05, 4.69) is 74.8 Å². The normalized spacial score (nSPS) is 22.9. The SMILES string of the molecule is C=CCNC(=O)C(=O)[C@H](CC1CC1)NC(=O)[C@@H]1C[C@@H](C(C)C)CN1C(=O)[C@@H](NC(=O)NC1(C/S(=C/C)C(C)(C)C)CCCCC1)C(C)(C)C. The van der Waals surface area contributed by atoms with Gasteiger partial charge in [-0.25, -0.2) is 4.79 Å². The van der Waals surface area contributed by atoms with E-state index in [-0.39, 0.29) is 57.0 Å². The van der Waals surface area contributed by atoms with Crippen LogP contribution in [0.25, 0.3) is 0 Å². The van der Waals surface area contributed by atoms with Gasteiger partial charge in [0.05, 0.1) is 11.6 Å². The highest BCUT2D eigenvalue weighted by molar-refractivity contribution is 8.16. The second-order valence-electron chi connectivity index (χ2n) is 17.0. The second kappa shape index (κ2) is 17.0. The molecule has 3 fully saturated rings. The average molecular weight is 704 g/mol. The third-order valence-corrected chi connectivity index (χ3v) is 13.5. The fourth-order valence-corrected chi connectivity index (χ4v) is 9.41. The number of rotatable bonds is 14. The molecule has 5 amide bonds. The maximum atomic E-state index is 14.5. The number of Topliss-reactive ketones (excluding diaryl/α,β-unsaturated/α-hetero) is 1. The summed E-state index contributed by atoms with van der Waals surface area (Å²) in [4.78, 5) is 69.8. The lowest BCUT2D eigenvalue weighted by Crippen LogP contribution is -2.62. The highest BCUT2D eigenvalue weighted by Crippen LogP contribution is 2.40. The van der Waals surface area contributed by atoms with E-state index in [9.17, 15) is 24.0 Å². The van der Waals surface area contributed by atoms with Crippen LogP contribution in [0, 0.1) is 23.2 Å². The predicted molar refractivity (Wildman–Crippen MR) is 201 cm³/mol. The van der Waals surface area contributed by atoms with Gasteiger partial charge in [0.1, 0.15) is 12.1 Å². The van der Waals surface area contributed by atoms with E-state index in [4.69, 9.17) is 0 Å². The van der Waals surface area contributed by atoms with Gasteiger partial charge >= 0.3 is 6.03 Å². The predicted octanol–water partition coefficient (Wildman–Crippen LogP) is 5.32. The first-order valence-corrected chi connectivity index (χ1v) is 19.9. The standard InChI is InChI=1S/C38H65N5O5S/c1-11-20-39-33(46)30(44)28(21-26-16-17-26)40-32(45)29-22-27(25(3)4)23-43(29)34(47)31(36(5,6)7)41-35(48)42-38(18-14-13-15-19-38)24-49(12-2)37(8,9)10/h11-12,25-29,31H,1,13-24H2,2-10H3,(H,39,46)(H,40,45)(H2,41,42,48)/t27-,28+,29+,31-,49?/m1/s1. The summed E-state index contributed by atoms with van der Waals surface area (Å²) in [5.74, 6) is -0.764. The monoisotopic (exact) mass is 703 g/mol. The largest absolute Gasteiger partial charge is 0.346 e. The van der Waals surface area contributed by atoms with Crippen LogP contribution in [-0.4, -0.2) is 87.1 Å². The number of carbonyl (C=O) groups is 5. The maximum Gasteiger partial charge on any atom is 0.315 e. The summed E-state index contributed by atoms with van der Waals surface area (Å²) in [6.07, 6.45) is 9.28. The van der Waals surface area contributed by atoms with Crippen LogP contribution in [0.1, 0.15) is 120 Å². The van der Waals surface area contributed by atoms with Crippen molar-refractivity contribution in [2.45, 2.75) is 149 Å². The van der Waals surface area contributed by atoms with Crippen molar-refractivity contribution in [1.29, 1.82) is 0 Å². The minimum Gasteiger partial charge on any atom is -0.346 e. The quantitative estimate of drug-likeness (QED) is 0.110. The van der Waals surface area contributed by atoms with Crippen molar-refractivity contribution in [3.05, 3.63) is 12.7 Å². The number of hydrogen-bond acceptors (Lipinski definition) is 5. The van der Waals surface area contributed by atoms with Crippen LogP contribution >= 0.6 is 10.5 Å². The van der Waals surface area contributed by atoms with Gasteiger partial charge in [-0.05, 0) is 55.8 Å². The van der Waals surface area contributed by atoms with Crippen molar-refractivity contribution in [3.63, 3.8) is 0 Å². The Hall–Kier alpha value is -2.69. The zero-order chi connectivity index (χ0) is 36.7. The fraction of sp³-hybridized carbons (Fsp3) is 0.789. The molecule has 3 rings (SSSR count). The van der Waals surface area contributed by atoms with Crippen molar-refractivity contribution >= 4 is 45.4 Å². The first-order valence-electron chi connectivity index (χ1n) is 18.4. The number of nitrogens with one attached hydrogen (secondary N) is 4. The van der Waals surface area contributed by atoms with E-state index in [1.165, 1.54) is 6.08 Å². The third kappa shape index (κ3) is 11.4. The van der Waals surface area contributed by atoms with E-state index in [1.807, 2.05) is 20.8 Å². The van der Waals surface area contributed by atoms with Crippen LogP contribution in [0.2, 0.25) is 0 Å². The van der Waals surface area contributed by atoms with Crippen LogP contribution in [0.15, 0.2) is 12.7 Å². The number of likely N-dealkylation sites (tertiary alicyclic amines) is 1. The summed E-state index contributed by atoms with van der Waals surface area (Å²) in [6, 6.07) is -3.03. The molecule has 1 saturated heterocycles. The molecule has 11 heteroatoms. The molecule has 2 saturated carbocycles. The van der Waals surface area contributed by atoms with Crippen LogP contribution in [0.3, 0.4) is 0 Å². The van der Waals surface area contributed by atoms with E-state index in [1.54, 1.807) is 4.90 Å². The number of carbonyl (C=O) groups excluding carboxylic acids is 5. The zero-order valence-corrected chi connectivity index (χ0v) is 32.5. The van der Waals surface area contributed by atoms with Crippen LogP contribution in [0.4, 0.5) is 4.79 Å². The maximum absolute atomic E-state index is 14.5. The Morgan fingerprint density at radius 3 is 2.12 bits per heavy atom. The van der Waals surface area contributed by atoms with Gasteiger partial charge in [0.2, 0.25) is 17.6 Å². The molecule has 0 radical (unpaired) electrons. The van der Waals surface area contributed by atoms with Crippen LogP contribution in [-0.2, 0) is 19.2 Å². The van der Waals surface area contributed by atoms with E-state index >= 15 is 0 Å². The number of ketones is 1. The van der Waals surface area contributed by atoms with Crippen molar-refractivity contribution in [1.82, 2.24) is 26.2 Å². The molecule has 2 aliphatic carbocycles. The fourth-order valence-electron chi connectivity index (χ4n) is 7.15. The molecule has 1 unspecified atom stereocenters. The Morgan fingerprint density at radius 1 is 0.980 bits per heavy atom. The van der Waals surface area contributed by atoms with Crippen LogP contribution in [0.5, 0.6) is 0 Å². The molecule has 0 bridgehead atoms. The molecular formula is C38H65N5O5S. The molecule has 278 valence electrons. The van der Waals surface area contributed by atoms with E-state index in [0.29, 0.717) is 19.4 Å². The molecule has 0 spiro atoms. The molecule has 4 N–H and O–H groups in total. The Kier molecular flexibility index (Phi) is 14.1. The highest BCUT2D eigenvalue weighted by atomic mass is 32.2. The summed E-state index contributed by atoms with van der Waals surface area (Å²) in [5, 5.41) is 14.1. The summed E-state index contributed by atoms with van der Waals surface area (Å²) >= 11 is 0. The van der Waals surface area contributed by atoms with Crippen LogP contribution < -0.4 is 21.3 Å². The smallest absolute Gasteiger partial charge is 0.315 e. The lowest BCUT2D eigenvalue weighted by atomic mass is 9.83. The summed E-state index contributed by atoms with van der Waals surface area (Å²) in [7, 11) is -0.0153. The summed E-state index contributed by atoms with van der Waals surface area (Å²) in [6.45, 7) is 22.9. The second-order valence-corrected chi connectivity index (χ2v) is 19.9. The zero-order valence-electron chi connectivity index (χ0n) is 31.7. The number of amides is 5. The van der Waals surface area contributed by atoms with Gasteiger partial charge in [0.15, 0.2) is 0 Å². The third-order valence-electron chi connectivity index (χ3n) is 10.5. The van der Waals surface area contributed by atoms with Crippen molar-refractivity contribution in [2.75, 3.05) is 18.8 Å². The minimum absolute atomic E-state index is 0.0153.